The number of nitrogens with two attached hydrogens (primary N) is 1. The number of piperazine rings is 1. The summed E-state index contributed by atoms with van der Waals surface area (Å²) >= 11 is 5.72. The van der Waals surface area contributed by atoms with Crippen LogP contribution in [0.3, 0.4) is 0 Å². The van der Waals surface area contributed by atoms with Crippen molar-refractivity contribution in [1.82, 2.24) is 14.8 Å². The third-order valence-corrected chi connectivity index (χ3v) is 3.40. The van der Waals surface area contributed by atoms with Gasteiger partial charge in [0.05, 0.1) is 24.0 Å². The summed E-state index contributed by atoms with van der Waals surface area (Å²) in [4.78, 5) is 18.8. The molecule has 1 amide bonds. The molecule has 2 rings (SSSR count). The molecule has 9 heteroatoms. The number of aromatic nitrogens is 1. The van der Waals surface area contributed by atoms with Crippen LogP contribution in [0.2, 0.25) is 5.15 Å². The maximum absolute atomic E-state index is 12.3. The molecule has 0 aliphatic carbocycles. The van der Waals surface area contributed by atoms with Gasteiger partial charge in [-0.15, -0.1) is 0 Å². The van der Waals surface area contributed by atoms with E-state index in [2.05, 4.69) is 4.98 Å². The average Bonchev–Trinajstić information content (AvgIpc) is 2.40. The summed E-state index contributed by atoms with van der Waals surface area (Å²) in [6.45, 7) is -0.186. The van der Waals surface area contributed by atoms with Gasteiger partial charge in [0.1, 0.15) is 5.15 Å². The predicted octanol–water partition coefficient (Wildman–Crippen LogP) is 1.64. The molecule has 0 radical (unpaired) electrons. The monoisotopic (exact) mass is 322 g/mol. The topological polar surface area (TPSA) is 62.5 Å². The highest BCUT2D eigenvalue weighted by atomic mass is 35.5. The standard InChI is InChI=1S/C12H14ClF3N4O/c13-10-5-8(9(17)6-18-10)11(21)20-3-1-19(2-4-20)7-12(14,15)16/h5-6H,1-4,7,17H2. The number of hydrogen-bond acceptors (Lipinski definition) is 4. The summed E-state index contributed by atoms with van der Waals surface area (Å²) in [5, 5.41) is 0.142. The van der Waals surface area contributed by atoms with Crippen LogP contribution in [-0.4, -0.2) is 59.6 Å². The van der Waals surface area contributed by atoms with Crippen LogP contribution in [0.4, 0.5) is 18.9 Å². The van der Waals surface area contributed by atoms with Crippen molar-refractivity contribution in [2.45, 2.75) is 6.18 Å². The van der Waals surface area contributed by atoms with Gasteiger partial charge in [0, 0.05) is 26.2 Å². The van der Waals surface area contributed by atoms with Crippen molar-refractivity contribution in [3.05, 3.63) is 23.0 Å². The summed E-state index contributed by atoms with van der Waals surface area (Å²) in [5.41, 5.74) is 6.10. The van der Waals surface area contributed by atoms with Gasteiger partial charge in [-0.2, -0.15) is 13.2 Å². The van der Waals surface area contributed by atoms with E-state index in [-0.39, 0.29) is 48.5 Å². The number of alkyl halides is 3. The zero-order valence-electron chi connectivity index (χ0n) is 11.0. The van der Waals surface area contributed by atoms with E-state index >= 15 is 0 Å². The van der Waals surface area contributed by atoms with Crippen molar-refractivity contribution in [3.8, 4) is 0 Å². The lowest BCUT2D eigenvalue weighted by Gasteiger charge is -2.35. The maximum atomic E-state index is 12.3. The normalized spacial score (nSPS) is 17.0. The number of amides is 1. The fourth-order valence-corrected chi connectivity index (χ4v) is 2.32. The van der Waals surface area contributed by atoms with Crippen molar-refractivity contribution in [2.75, 3.05) is 38.5 Å². The lowest BCUT2D eigenvalue weighted by molar-refractivity contribution is -0.148. The van der Waals surface area contributed by atoms with Gasteiger partial charge in [-0.3, -0.25) is 9.69 Å². The van der Waals surface area contributed by atoms with Gasteiger partial charge in [-0.1, -0.05) is 11.6 Å². The second-order valence-electron chi connectivity index (χ2n) is 4.78. The van der Waals surface area contributed by atoms with E-state index in [1.807, 2.05) is 0 Å². The van der Waals surface area contributed by atoms with Crippen LogP contribution < -0.4 is 5.73 Å². The summed E-state index contributed by atoms with van der Waals surface area (Å²) < 4.78 is 36.9. The number of anilines is 1. The highest BCUT2D eigenvalue weighted by Gasteiger charge is 2.33. The Balaban J connectivity index is 1.99. The Kier molecular flexibility index (Phi) is 4.58. The number of nitrogen functional groups attached to an aromatic ring is 1. The molecule has 0 spiro atoms. The molecule has 0 bridgehead atoms. The van der Waals surface area contributed by atoms with Crippen molar-refractivity contribution in [3.63, 3.8) is 0 Å². The number of nitrogens with zero attached hydrogens (tertiary/aromatic N) is 3. The Morgan fingerprint density at radius 2 is 1.95 bits per heavy atom. The first-order valence-electron chi connectivity index (χ1n) is 6.25. The van der Waals surface area contributed by atoms with Crippen LogP contribution in [0.1, 0.15) is 10.4 Å². The molecule has 1 fully saturated rings. The first-order chi connectivity index (χ1) is 9.76. The van der Waals surface area contributed by atoms with Gasteiger partial charge in [0.2, 0.25) is 0 Å². The van der Waals surface area contributed by atoms with Crippen LogP contribution in [0.15, 0.2) is 12.3 Å². The van der Waals surface area contributed by atoms with E-state index in [1.54, 1.807) is 0 Å². The SMILES string of the molecule is Nc1cnc(Cl)cc1C(=O)N1CCN(CC(F)(F)F)CC1. The molecule has 0 atom stereocenters. The van der Waals surface area contributed by atoms with Crippen LogP contribution in [0.5, 0.6) is 0 Å². The fourth-order valence-electron chi connectivity index (χ4n) is 2.16. The molecule has 0 unspecified atom stereocenters. The lowest BCUT2D eigenvalue weighted by atomic mass is 10.2. The minimum Gasteiger partial charge on any atom is -0.397 e. The van der Waals surface area contributed by atoms with E-state index in [0.29, 0.717) is 0 Å². The van der Waals surface area contributed by atoms with E-state index in [9.17, 15) is 18.0 Å². The zero-order chi connectivity index (χ0) is 15.6. The summed E-state index contributed by atoms with van der Waals surface area (Å²) in [5.74, 6) is -0.344. The minimum atomic E-state index is -4.23. The number of pyridine rings is 1. The van der Waals surface area contributed by atoms with E-state index in [1.165, 1.54) is 22.1 Å². The molecule has 21 heavy (non-hydrogen) atoms. The Labute approximate surface area is 124 Å². The van der Waals surface area contributed by atoms with Crippen molar-refractivity contribution in [2.24, 2.45) is 0 Å². The average molecular weight is 323 g/mol. The van der Waals surface area contributed by atoms with Crippen molar-refractivity contribution < 1.29 is 18.0 Å². The number of rotatable bonds is 2. The number of hydrogen-bond donors (Lipinski definition) is 1. The zero-order valence-corrected chi connectivity index (χ0v) is 11.8. The van der Waals surface area contributed by atoms with Crippen LogP contribution in [0, 0.1) is 0 Å². The van der Waals surface area contributed by atoms with Crippen LogP contribution in [0.25, 0.3) is 0 Å². The Hall–Kier alpha value is -1.54. The number of halogens is 4. The molecule has 1 aliphatic heterocycles. The molecule has 1 saturated heterocycles. The first kappa shape index (κ1) is 15.8. The molecule has 1 aromatic rings. The molecule has 2 heterocycles. The highest BCUT2D eigenvalue weighted by Crippen LogP contribution is 2.20. The summed E-state index contributed by atoms with van der Waals surface area (Å²) in [7, 11) is 0. The fraction of sp³-hybridized carbons (Fsp3) is 0.500. The molecule has 2 N–H and O–H groups in total. The maximum Gasteiger partial charge on any atom is 0.401 e. The van der Waals surface area contributed by atoms with Crippen molar-refractivity contribution in [1.29, 1.82) is 0 Å². The van der Waals surface area contributed by atoms with E-state index < -0.39 is 12.7 Å². The molecular weight excluding hydrogens is 309 g/mol. The second kappa shape index (κ2) is 6.07. The van der Waals surface area contributed by atoms with Gasteiger partial charge in [0.15, 0.2) is 0 Å². The molecule has 5 nitrogen and oxygen atoms in total. The number of carbonyl (C=O) groups excluding carboxylic acids is 1. The lowest BCUT2D eigenvalue weighted by Crippen LogP contribution is -2.51. The molecular formula is C12H14ClF3N4O. The third-order valence-electron chi connectivity index (χ3n) is 3.19. The summed E-state index contributed by atoms with van der Waals surface area (Å²) in [6.07, 6.45) is -2.94. The smallest absolute Gasteiger partial charge is 0.397 e. The first-order valence-corrected chi connectivity index (χ1v) is 6.63. The molecule has 0 aromatic carbocycles. The quantitative estimate of drug-likeness (QED) is 0.841. The Morgan fingerprint density at radius 1 is 1.33 bits per heavy atom. The van der Waals surface area contributed by atoms with Gasteiger partial charge in [-0.25, -0.2) is 4.98 Å². The number of carbonyl (C=O) groups is 1. The van der Waals surface area contributed by atoms with Crippen LogP contribution >= 0.6 is 11.6 Å². The third kappa shape index (κ3) is 4.21. The summed E-state index contributed by atoms with van der Waals surface area (Å²) in [6, 6.07) is 1.36. The molecule has 1 aliphatic rings. The Morgan fingerprint density at radius 3 is 2.52 bits per heavy atom. The van der Waals surface area contributed by atoms with Crippen LogP contribution in [-0.2, 0) is 0 Å². The van der Waals surface area contributed by atoms with Gasteiger partial charge < -0.3 is 10.6 Å². The Bertz CT molecular complexity index is 530. The second-order valence-corrected chi connectivity index (χ2v) is 5.17. The molecule has 116 valence electrons. The van der Waals surface area contributed by atoms with E-state index in [4.69, 9.17) is 17.3 Å². The molecule has 0 saturated carbocycles. The van der Waals surface area contributed by atoms with Gasteiger partial charge in [-0.05, 0) is 6.07 Å². The van der Waals surface area contributed by atoms with E-state index in [0.717, 1.165) is 0 Å². The van der Waals surface area contributed by atoms with Crippen molar-refractivity contribution >= 4 is 23.2 Å². The van der Waals surface area contributed by atoms with Gasteiger partial charge >= 0.3 is 6.18 Å². The minimum absolute atomic E-state index is 0.142. The van der Waals surface area contributed by atoms with Gasteiger partial charge in [0.25, 0.3) is 5.91 Å². The predicted molar refractivity (Wildman–Crippen MR) is 72.1 cm³/mol. The largest absolute Gasteiger partial charge is 0.401 e. The highest BCUT2D eigenvalue weighted by molar-refractivity contribution is 6.29. The molecule has 1 aromatic heterocycles.